The monoisotopic (exact) mass is 439 g/mol. The Labute approximate surface area is 172 Å². The van der Waals surface area contributed by atoms with Crippen LogP contribution in [0.15, 0.2) is 47.0 Å². The van der Waals surface area contributed by atoms with Crippen LogP contribution in [0.3, 0.4) is 0 Å². The quantitative estimate of drug-likeness (QED) is 0.567. The molecule has 11 heteroatoms. The molecule has 1 fully saturated rings. The van der Waals surface area contributed by atoms with Crippen molar-refractivity contribution in [3.05, 3.63) is 65.6 Å². The van der Waals surface area contributed by atoms with E-state index in [2.05, 4.69) is 14.7 Å². The highest BCUT2D eigenvalue weighted by atomic mass is 19.4. The van der Waals surface area contributed by atoms with E-state index in [-0.39, 0.29) is 23.4 Å². The van der Waals surface area contributed by atoms with Crippen LogP contribution in [-0.2, 0) is 6.18 Å². The van der Waals surface area contributed by atoms with E-state index in [1.165, 1.54) is 35.2 Å². The number of alkyl halides is 3. The number of carbonyl (C=O) groups is 1. The lowest BCUT2D eigenvalue weighted by Gasteiger charge is -2.18. The van der Waals surface area contributed by atoms with E-state index in [1.54, 1.807) is 6.07 Å². The zero-order valence-corrected chi connectivity index (χ0v) is 15.7. The second kappa shape index (κ2) is 7.97. The first-order valence-electron chi connectivity index (χ1n) is 9.13. The number of halogens is 5. The molecule has 0 saturated carbocycles. The number of hydrogen-bond acceptors (Lipinski definition) is 5. The highest BCUT2D eigenvalue weighted by Gasteiger charge is 2.38. The van der Waals surface area contributed by atoms with Crippen LogP contribution >= 0.6 is 0 Å². The molecule has 31 heavy (non-hydrogen) atoms. The van der Waals surface area contributed by atoms with Gasteiger partial charge in [-0.15, -0.1) is 0 Å². The smallest absolute Gasteiger partial charge is 0.471 e. The van der Waals surface area contributed by atoms with E-state index in [1.807, 2.05) is 0 Å². The zero-order chi connectivity index (χ0) is 22.2. The molecular formula is C20H14F5N3O3. The number of nitrogens with zero attached hydrogens (tertiary/aromatic N) is 3. The molecule has 4 rings (SSSR count). The molecule has 0 N–H and O–H groups in total. The SMILES string of the molecule is O=C(c1ccccc1F)N1CCC(Oc2ccc(-c3noc(C(F)(F)F)n3)c(F)c2)C1. The van der Waals surface area contributed by atoms with Gasteiger partial charge in [0.2, 0.25) is 5.82 Å². The first kappa shape index (κ1) is 20.8. The lowest BCUT2D eigenvalue weighted by Crippen LogP contribution is -2.31. The van der Waals surface area contributed by atoms with Crippen LogP contribution in [0.25, 0.3) is 11.4 Å². The molecule has 1 unspecified atom stereocenters. The van der Waals surface area contributed by atoms with Crippen LogP contribution < -0.4 is 4.74 Å². The Hall–Kier alpha value is -3.50. The van der Waals surface area contributed by atoms with Crippen molar-refractivity contribution in [1.29, 1.82) is 0 Å². The maximum Gasteiger partial charge on any atom is 0.471 e. The minimum atomic E-state index is -4.83. The van der Waals surface area contributed by atoms with Crippen molar-refractivity contribution in [3.63, 3.8) is 0 Å². The second-order valence-electron chi connectivity index (χ2n) is 6.82. The van der Waals surface area contributed by atoms with E-state index in [0.29, 0.717) is 13.0 Å². The molecule has 0 radical (unpaired) electrons. The fraction of sp³-hybridized carbons (Fsp3) is 0.250. The van der Waals surface area contributed by atoms with E-state index >= 15 is 0 Å². The molecule has 6 nitrogen and oxygen atoms in total. The largest absolute Gasteiger partial charge is 0.488 e. The van der Waals surface area contributed by atoms with Gasteiger partial charge in [-0.25, -0.2) is 8.78 Å². The Kier molecular flexibility index (Phi) is 5.34. The molecule has 1 atom stereocenters. The Morgan fingerprint density at radius 1 is 1.13 bits per heavy atom. The van der Waals surface area contributed by atoms with Crippen molar-refractivity contribution in [3.8, 4) is 17.1 Å². The summed E-state index contributed by atoms with van der Waals surface area (Å²) in [6.07, 6.45) is -4.84. The molecule has 1 saturated heterocycles. The number of amides is 1. The third kappa shape index (κ3) is 4.35. The van der Waals surface area contributed by atoms with Gasteiger partial charge in [-0.05, 0) is 24.3 Å². The number of ether oxygens (including phenoxy) is 1. The van der Waals surface area contributed by atoms with Crippen molar-refractivity contribution in [2.24, 2.45) is 0 Å². The van der Waals surface area contributed by atoms with Crippen LogP contribution in [-0.4, -0.2) is 40.1 Å². The number of carbonyl (C=O) groups excluding carboxylic acids is 1. The second-order valence-corrected chi connectivity index (χ2v) is 6.82. The fourth-order valence-corrected chi connectivity index (χ4v) is 3.20. The van der Waals surface area contributed by atoms with Gasteiger partial charge in [0.25, 0.3) is 5.91 Å². The standard InChI is InChI=1S/C20H14F5N3O3/c21-15-4-2-1-3-14(15)18(29)28-8-7-12(10-28)30-11-5-6-13(16(22)9-11)17-26-19(31-27-17)20(23,24)25/h1-6,9,12H,7-8,10H2. The summed E-state index contributed by atoms with van der Waals surface area (Å²) in [7, 11) is 0. The van der Waals surface area contributed by atoms with Crippen LogP contribution in [0.4, 0.5) is 22.0 Å². The zero-order valence-electron chi connectivity index (χ0n) is 15.7. The first-order valence-corrected chi connectivity index (χ1v) is 9.13. The summed E-state index contributed by atoms with van der Waals surface area (Å²) in [6.45, 7) is 0.512. The predicted octanol–water partition coefficient (Wildman–Crippen LogP) is 4.33. The van der Waals surface area contributed by atoms with E-state index in [9.17, 15) is 26.7 Å². The summed E-state index contributed by atoms with van der Waals surface area (Å²) in [4.78, 5) is 17.1. The molecule has 0 bridgehead atoms. The first-order chi connectivity index (χ1) is 14.7. The fourth-order valence-electron chi connectivity index (χ4n) is 3.20. The molecule has 1 aromatic heterocycles. The van der Waals surface area contributed by atoms with Crippen molar-refractivity contribution >= 4 is 5.91 Å². The normalized spacial score (nSPS) is 16.5. The number of rotatable bonds is 4. The van der Waals surface area contributed by atoms with E-state index in [4.69, 9.17) is 4.74 Å². The summed E-state index contributed by atoms with van der Waals surface area (Å²) >= 11 is 0. The number of hydrogen-bond donors (Lipinski definition) is 0. The summed E-state index contributed by atoms with van der Waals surface area (Å²) in [5.41, 5.74) is -0.328. The van der Waals surface area contributed by atoms with Gasteiger partial charge in [0.05, 0.1) is 17.7 Å². The van der Waals surface area contributed by atoms with Crippen molar-refractivity contribution in [2.75, 3.05) is 13.1 Å². The Balaban J connectivity index is 1.43. The minimum absolute atomic E-state index is 0.0446. The lowest BCUT2D eigenvalue weighted by molar-refractivity contribution is -0.159. The molecule has 0 aliphatic carbocycles. The molecular weight excluding hydrogens is 425 g/mol. The molecule has 1 aliphatic rings. The average Bonchev–Trinajstić information content (AvgIpc) is 3.38. The highest BCUT2D eigenvalue weighted by molar-refractivity contribution is 5.94. The molecule has 0 spiro atoms. The van der Waals surface area contributed by atoms with Gasteiger partial charge in [-0.1, -0.05) is 17.3 Å². The number of likely N-dealkylation sites (tertiary alicyclic amines) is 1. The molecule has 1 aliphatic heterocycles. The summed E-state index contributed by atoms with van der Waals surface area (Å²) < 4.78 is 75.7. The Morgan fingerprint density at radius 3 is 2.58 bits per heavy atom. The Bertz CT molecular complexity index is 1120. The van der Waals surface area contributed by atoms with Gasteiger partial charge in [-0.2, -0.15) is 18.2 Å². The van der Waals surface area contributed by atoms with Crippen LogP contribution in [0, 0.1) is 11.6 Å². The summed E-state index contributed by atoms with van der Waals surface area (Å²) in [5.74, 6) is -3.99. The van der Waals surface area contributed by atoms with E-state index < -0.39 is 41.5 Å². The highest BCUT2D eigenvalue weighted by Crippen LogP contribution is 2.31. The molecule has 2 heterocycles. The predicted molar refractivity (Wildman–Crippen MR) is 96.0 cm³/mol. The van der Waals surface area contributed by atoms with Crippen molar-refractivity contribution in [2.45, 2.75) is 18.7 Å². The maximum atomic E-state index is 14.4. The van der Waals surface area contributed by atoms with Gasteiger partial charge in [0.1, 0.15) is 23.5 Å². The molecule has 2 aromatic carbocycles. The number of benzene rings is 2. The molecule has 162 valence electrons. The van der Waals surface area contributed by atoms with Crippen LogP contribution in [0.1, 0.15) is 22.7 Å². The van der Waals surface area contributed by atoms with Gasteiger partial charge in [0.15, 0.2) is 0 Å². The average molecular weight is 439 g/mol. The minimum Gasteiger partial charge on any atom is -0.488 e. The van der Waals surface area contributed by atoms with Gasteiger partial charge in [-0.3, -0.25) is 4.79 Å². The van der Waals surface area contributed by atoms with Gasteiger partial charge < -0.3 is 14.2 Å². The summed E-state index contributed by atoms with van der Waals surface area (Å²) in [5, 5.41) is 3.15. The Morgan fingerprint density at radius 2 is 1.90 bits per heavy atom. The van der Waals surface area contributed by atoms with Crippen molar-refractivity contribution < 1.29 is 36.0 Å². The topological polar surface area (TPSA) is 68.5 Å². The van der Waals surface area contributed by atoms with Crippen LogP contribution in [0.5, 0.6) is 5.75 Å². The van der Waals surface area contributed by atoms with Gasteiger partial charge in [0, 0.05) is 19.0 Å². The molecule has 1 amide bonds. The summed E-state index contributed by atoms with van der Waals surface area (Å²) in [6, 6.07) is 9.15. The maximum absolute atomic E-state index is 14.4. The molecule has 3 aromatic rings. The third-order valence-electron chi connectivity index (χ3n) is 4.69. The van der Waals surface area contributed by atoms with Gasteiger partial charge >= 0.3 is 12.1 Å². The number of aromatic nitrogens is 2. The third-order valence-corrected chi connectivity index (χ3v) is 4.69. The van der Waals surface area contributed by atoms with E-state index in [0.717, 1.165) is 6.07 Å². The lowest BCUT2D eigenvalue weighted by atomic mass is 10.2. The van der Waals surface area contributed by atoms with Crippen molar-refractivity contribution in [1.82, 2.24) is 15.0 Å². The van der Waals surface area contributed by atoms with Crippen LogP contribution in [0.2, 0.25) is 0 Å².